The summed E-state index contributed by atoms with van der Waals surface area (Å²) in [6.45, 7) is 2.66. The molecule has 1 aromatic heterocycles. The highest BCUT2D eigenvalue weighted by Gasteiger charge is 2.06. The van der Waals surface area contributed by atoms with E-state index >= 15 is 0 Å². The predicted molar refractivity (Wildman–Crippen MR) is 49.5 cm³/mol. The fraction of sp³-hybridized carbons (Fsp3) is 0.300. The van der Waals surface area contributed by atoms with Gasteiger partial charge in [0.25, 0.3) is 0 Å². The number of aryl methyl sites for hydroxylation is 1. The van der Waals surface area contributed by atoms with Crippen LogP contribution in [0.15, 0.2) is 22.9 Å². The Bertz CT molecular complexity index is 420. The normalized spacial score (nSPS) is 10.9. The van der Waals surface area contributed by atoms with Crippen LogP contribution in [0.5, 0.6) is 0 Å². The van der Waals surface area contributed by atoms with Crippen molar-refractivity contribution in [3.05, 3.63) is 29.5 Å². The molecule has 1 aromatic carbocycles. The lowest BCUT2D eigenvalue weighted by Gasteiger charge is -2.04. The number of nitrogens with zero attached hydrogens (tertiary/aromatic N) is 1. The fourth-order valence-electron chi connectivity index (χ4n) is 1.45. The van der Waals surface area contributed by atoms with Crippen LogP contribution in [-0.2, 0) is 11.3 Å². The monoisotopic (exact) mass is 177 g/mol. The average Bonchev–Trinajstić information content (AvgIpc) is 2.58. The van der Waals surface area contributed by atoms with Crippen molar-refractivity contribution in [2.75, 3.05) is 7.11 Å². The topological polar surface area (TPSA) is 35.3 Å². The van der Waals surface area contributed by atoms with Gasteiger partial charge in [-0.2, -0.15) is 0 Å². The number of methoxy groups -OCH3 is 1. The summed E-state index contributed by atoms with van der Waals surface area (Å²) in [7, 11) is 1.69. The molecule has 0 unspecified atom stereocenters. The van der Waals surface area contributed by atoms with E-state index in [0.717, 1.165) is 16.5 Å². The highest BCUT2D eigenvalue weighted by molar-refractivity contribution is 5.80. The van der Waals surface area contributed by atoms with Gasteiger partial charge in [0.05, 0.1) is 12.8 Å². The summed E-state index contributed by atoms with van der Waals surface area (Å²) >= 11 is 0. The maximum atomic E-state index is 5.12. The zero-order valence-electron chi connectivity index (χ0n) is 7.70. The predicted octanol–water partition coefficient (Wildman–Crippen LogP) is 2.28. The first-order valence-corrected chi connectivity index (χ1v) is 4.14. The molecular formula is C10H11NO2. The van der Waals surface area contributed by atoms with Gasteiger partial charge in [-0.3, -0.25) is 0 Å². The minimum Gasteiger partial charge on any atom is -0.380 e. The number of hydrogen-bond donors (Lipinski definition) is 0. The van der Waals surface area contributed by atoms with Gasteiger partial charge in [0.15, 0.2) is 5.58 Å². The molecule has 0 N–H and O–H groups in total. The molecule has 3 heteroatoms. The summed E-state index contributed by atoms with van der Waals surface area (Å²) in [5.41, 5.74) is 3.18. The average molecular weight is 177 g/mol. The number of aromatic nitrogens is 1. The zero-order valence-corrected chi connectivity index (χ0v) is 7.70. The van der Waals surface area contributed by atoms with Gasteiger partial charge in [0.2, 0.25) is 0 Å². The molecule has 3 nitrogen and oxygen atoms in total. The van der Waals surface area contributed by atoms with Crippen LogP contribution < -0.4 is 0 Å². The van der Waals surface area contributed by atoms with Gasteiger partial charge in [-0.15, -0.1) is 0 Å². The molecule has 0 aliphatic rings. The van der Waals surface area contributed by atoms with Crippen LogP contribution in [0.25, 0.3) is 11.0 Å². The SMILES string of the molecule is COCc1c(C)ccc2oncc12. The minimum absolute atomic E-state index is 0.602. The zero-order chi connectivity index (χ0) is 9.26. The Morgan fingerprint density at radius 1 is 1.46 bits per heavy atom. The molecule has 13 heavy (non-hydrogen) atoms. The van der Waals surface area contributed by atoms with Crippen molar-refractivity contribution in [2.45, 2.75) is 13.5 Å². The van der Waals surface area contributed by atoms with Crippen LogP contribution in [0.2, 0.25) is 0 Å². The van der Waals surface area contributed by atoms with E-state index < -0.39 is 0 Å². The number of rotatable bonds is 2. The van der Waals surface area contributed by atoms with Crippen molar-refractivity contribution in [2.24, 2.45) is 0 Å². The van der Waals surface area contributed by atoms with Gasteiger partial charge >= 0.3 is 0 Å². The molecule has 0 atom stereocenters. The van der Waals surface area contributed by atoms with Crippen molar-refractivity contribution in [1.29, 1.82) is 0 Å². The lowest BCUT2D eigenvalue weighted by Crippen LogP contribution is -1.91. The van der Waals surface area contributed by atoms with Gasteiger partial charge in [0, 0.05) is 12.5 Å². The van der Waals surface area contributed by atoms with Crippen molar-refractivity contribution < 1.29 is 9.26 Å². The Balaban J connectivity index is 2.66. The number of ether oxygens (including phenoxy) is 1. The smallest absolute Gasteiger partial charge is 0.167 e. The highest BCUT2D eigenvalue weighted by atomic mass is 16.5. The Hall–Kier alpha value is -1.35. The van der Waals surface area contributed by atoms with Crippen LogP contribution >= 0.6 is 0 Å². The maximum absolute atomic E-state index is 5.12. The summed E-state index contributed by atoms with van der Waals surface area (Å²) in [4.78, 5) is 0. The second kappa shape index (κ2) is 3.18. The molecule has 0 radical (unpaired) electrons. The lowest BCUT2D eigenvalue weighted by molar-refractivity contribution is 0.185. The molecule has 0 aliphatic carbocycles. The second-order valence-corrected chi connectivity index (χ2v) is 3.03. The van der Waals surface area contributed by atoms with E-state index in [4.69, 9.17) is 9.26 Å². The Labute approximate surface area is 76.3 Å². The molecule has 0 aliphatic heterocycles. The van der Waals surface area contributed by atoms with E-state index in [-0.39, 0.29) is 0 Å². The fourth-order valence-corrected chi connectivity index (χ4v) is 1.45. The van der Waals surface area contributed by atoms with E-state index in [1.807, 2.05) is 12.1 Å². The Morgan fingerprint density at radius 2 is 2.31 bits per heavy atom. The van der Waals surface area contributed by atoms with Gasteiger partial charge < -0.3 is 9.26 Å². The number of hydrogen-bond acceptors (Lipinski definition) is 3. The molecule has 2 rings (SSSR count). The van der Waals surface area contributed by atoms with E-state index in [1.165, 1.54) is 5.56 Å². The maximum Gasteiger partial charge on any atom is 0.167 e. The summed E-state index contributed by atoms with van der Waals surface area (Å²) in [6.07, 6.45) is 1.73. The molecule has 1 heterocycles. The third kappa shape index (κ3) is 1.31. The molecule has 0 saturated heterocycles. The van der Waals surface area contributed by atoms with E-state index in [1.54, 1.807) is 13.3 Å². The van der Waals surface area contributed by atoms with E-state index in [9.17, 15) is 0 Å². The lowest BCUT2D eigenvalue weighted by atomic mass is 10.1. The van der Waals surface area contributed by atoms with Gasteiger partial charge in [-0.25, -0.2) is 0 Å². The van der Waals surface area contributed by atoms with Crippen molar-refractivity contribution in [3.63, 3.8) is 0 Å². The third-order valence-corrected chi connectivity index (χ3v) is 2.17. The summed E-state index contributed by atoms with van der Waals surface area (Å²) < 4.78 is 10.2. The number of benzene rings is 1. The Morgan fingerprint density at radius 3 is 3.08 bits per heavy atom. The first kappa shape index (κ1) is 8.26. The molecule has 0 amide bonds. The molecule has 0 spiro atoms. The van der Waals surface area contributed by atoms with Crippen molar-refractivity contribution in [1.82, 2.24) is 5.16 Å². The summed E-state index contributed by atoms with van der Waals surface area (Å²) in [5.74, 6) is 0. The first-order valence-electron chi connectivity index (χ1n) is 4.14. The van der Waals surface area contributed by atoms with E-state index in [0.29, 0.717) is 6.61 Å². The molecule has 68 valence electrons. The summed E-state index contributed by atoms with van der Waals surface area (Å²) in [5, 5.41) is 4.80. The van der Waals surface area contributed by atoms with Crippen LogP contribution in [0, 0.1) is 6.92 Å². The van der Waals surface area contributed by atoms with Crippen LogP contribution in [-0.4, -0.2) is 12.3 Å². The van der Waals surface area contributed by atoms with Gasteiger partial charge in [-0.05, 0) is 24.1 Å². The van der Waals surface area contributed by atoms with Crippen LogP contribution in [0.3, 0.4) is 0 Å². The molecular weight excluding hydrogens is 166 g/mol. The Kier molecular flexibility index (Phi) is 2.02. The largest absolute Gasteiger partial charge is 0.380 e. The first-order chi connectivity index (χ1) is 6.33. The molecule has 0 fully saturated rings. The van der Waals surface area contributed by atoms with Crippen LogP contribution in [0.1, 0.15) is 11.1 Å². The second-order valence-electron chi connectivity index (χ2n) is 3.03. The summed E-state index contributed by atoms with van der Waals surface area (Å²) in [6, 6.07) is 3.94. The van der Waals surface area contributed by atoms with Crippen molar-refractivity contribution >= 4 is 11.0 Å². The van der Waals surface area contributed by atoms with Crippen molar-refractivity contribution in [3.8, 4) is 0 Å². The van der Waals surface area contributed by atoms with Gasteiger partial charge in [0.1, 0.15) is 0 Å². The highest BCUT2D eigenvalue weighted by Crippen LogP contribution is 2.22. The van der Waals surface area contributed by atoms with Crippen LogP contribution in [0.4, 0.5) is 0 Å². The molecule has 0 bridgehead atoms. The molecule has 2 aromatic rings. The van der Waals surface area contributed by atoms with E-state index in [2.05, 4.69) is 12.1 Å². The minimum atomic E-state index is 0.602. The number of fused-ring (bicyclic) bond motifs is 1. The molecule has 0 saturated carbocycles. The quantitative estimate of drug-likeness (QED) is 0.705. The third-order valence-electron chi connectivity index (χ3n) is 2.17. The standard InChI is InChI=1S/C10H11NO2/c1-7-3-4-10-8(5-11-13-10)9(7)6-12-2/h3-5H,6H2,1-2H3. The van der Waals surface area contributed by atoms with Gasteiger partial charge in [-0.1, -0.05) is 11.2 Å².